The molecule has 2 rings (SSSR count). The largest absolute Gasteiger partial charge is 0.274 e. The molecule has 1 saturated carbocycles. The molecule has 0 bridgehead atoms. The van der Waals surface area contributed by atoms with Crippen LogP contribution in [-0.2, 0) is 9.05 Å². The molecule has 7 heteroatoms. The second-order valence-electron chi connectivity index (χ2n) is 4.35. The van der Waals surface area contributed by atoms with E-state index >= 15 is 0 Å². The molecule has 100 valence electrons. The second kappa shape index (κ2) is 4.83. The van der Waals surface area contributed by atoms with Gasteiger partial charge >= 0.3 is 0 Å². The topological polar surface area (TPSA) is 77.3 Å². The van der Waals surface area contributed by atoms with Crippen molar-refractivity contribution in [2.24, 2.45) is 5.92 Å². The highest BCUT2D eigenvalue weighted by atomic mass is 35.7. The fourth-order valence-corrected chi connectivity index (χ4v) is 2.32. The second-order valence-corrected chi connectivity index (χ2v) is 6.92. The average Bonchev–Trinajstić information content (AvgIpc) is 3.09. The molecule has 1 aromatic carbocycles. The van der Waals surface area contributed by atoms with Gasteiger partial charge in [0.15, 0.2) is 0 Å². The Morgan fingerprint density at radius 1 is 1.42 bits per heavy atom. The van der Waals surface area contributed by atoms with E-state index in [-0.39, 0.29) is 10.6 Å². The van der Waals surface area contributed by atoms with Crippen LogP contribution in [0.3, 0.4) is 0 Å². The first-order valence-corrected chi connectivity index (χ1v) is 7.85. The molecule has 0 saturated heterocycles. The van der Waals surface area contributed by atoms with Gasteiger partial charge in [-0.2, -0.15) is 0 Å². The lowest BCUT2D eigenvalue weighted by molar-refractivity contribution is -0.385. The van der Waals surface area contributed by atoms with Crippen molar-refractivity contribution in [2.45, 2.75) is 24.7 Å². The van der Waals surface area contributed by atoms with Crippen LogP contribution in [0.25, 0.3) is 0 Å². The Morgan fingerprint density at radius 3 is 2.53 bits per heavy atom. The Kier molecular flexibility index (Phi) is 3.52. The van der Waals surface area contributed by atoms with Crippen LogP contribution >= 0.6 is 10.7 Å². The molecule has 0 heterocycles. The van der Waals surface area contributed by atoms with Crippen molar-refractivity contribution in [3.8, 4) is 11.8 Å². The summed E-state index contributed by atoms with van der Waals surface area (Å²) >= 11 is 0. The summed E-state index contributed by atoms with van der Waals surface area (Å²) in [6.07, 6.45) is 2.03. The van der Waals surface area contributed by atoms with Crippen molar-refractivity contribution in [3.63, 3.8) is 0 Å². The Hall–Kier alpha value is -1.58. The summed E-state index contributed by atoms with van der Waals surface area (Å²) in [5.41, 5.74) is 0.393. The number of benzene rings is 1. The van der Waals surface area contributed by atoms with Gasteiger partial charge < -0.3 is 0 Å². The predicted octanol–water partition coefficient (Wildman–Crippen LogP) is 2.59. The van der Waals surface area contributed by atoms with Gasteiger partial charge in [0, 0.05) is 33.8 Å². The van der Waals surface area contributed by atoms with Gasteiger partial charge in [-0.1, -0.05) is 11.8 Å². The van der Waals surface area contributed by atoms with E-state index in [1.54, 1.807) is 6.92 Å². The minimum Gasteiger partial charge on any atom is -0.258 e. The van der Waals surface area contributed by atoms with Gasteiger partial charge in [0.2, 0.25) is 0 Å². The molecule has 0 unspecified atom stereocenters. The van der Waals surface area contributed by atoms with Crippen LogP contribution in [-0.4, -0.2) is 13.3 Å². The van der Waals surface area contributed by atoms with E-state index in [4.69, 9.17) is 10.7 Å². The van der Waals surface area contributed by atoms with Crippen LogP contribution in [0.4, 0.5) is 5.69 Å². The van der Waals surface area contributed by atoms with E-state index in [9.17, 15) is 18.5 Å². The van der Waals surface area contributed by atoms with Gasteiger partial charge in [-0.05, 0) is 25.8 Å². The minimum atomic E-state index is -4.02. The van der Waals surface area contributed by atoms with Crippen LogP contribution in [0.2, 0.25) is 0 Å². The molecule has 0 atom stereocenters. The summed E-state index contributed by atoms with van der Waals surface area (Å²) < 4.78 is 22.6. The predicted molar refractivity (Wildman–Crippen MR) is 70.5 cm³/mol. The molecule has 0 aromatic heterocycles. The third kappa shape index (κ3) is 3.25. The van der Waals surface area contributed by atoms with Crippen LogP contribution in [0.5, 0.6) is 0 Å². The third-order valence-corrected chi connectivity index (χ3v) is 4.15. The van der Waals surface area contributed by atoms with Crippen molar-refractivity contribution in [2.75, 3.05) is 0 Å². The van der Waals surface area contributed by atoms with E-state index in [2.05, 4.69) is 11.8 Å². The van der Waals surface area contributed by atoms with E-state index in [1.165, 1.54) is 6.07 Å². The van der Waals surface area contributed by atoms with Gasteiger partial charge in [0.05, 0.1) is 9.82 Å². The highest BCUT2D eigenvalue weighted by molar-refractivity contribution is 8.13. The van der Waals surface area contributed by atoms with Gasteiger partial charge in [-0.15, -0.1) is 0 Å². The first kappa shape index (κ1) is 13.8. The molecule has 19 heavy (non-hydrogen) atoms. The molecule has 0 amide bonds. The summed E-state index contributed by atoms with van der Waals surface area (Å²) in [7, 11) is 1.21. The molecule has 0 spiro atoms. The van der Waals surface area contributed by atoms with Gasteiger partial charge in [-0.3, -0.25) is 10.1 Å². The Labute approximate surface area is 115 Å². The van der Waals surface area contributed by atoms with Gasteiger partial charge in [-0.25, -0.2) is 8.42 Å². The zero-order chi connectivity index (χ0) is 14.2. The quantitative estimate of drug-likeness (QED) is 0.364. The molecule has 1 aliphatic carbocycles. The monoisotopic (exact) mass is 299 g/mol. The zero-order valence-electron chi connectivity index (χ0n) is 10.0. The lowest BCUT2D eigenvalue weighted by atomic mass is 10.1. The average molecular weight is 300 g/mol. The fourth-order valence-electron chi connectivity index (χ4n) is 1.54. The van der Waals surface area contributed by atoms with Gasteiger partial charge in [0.25, 0.3) is 14.7 Å². The summed E-state index contributed by atoms with van der Waals surface area (Å²) in [5, 5.41) is 10.9. The van der Waals surface area contributed by atoms with Crippen molar-refractivity contribution < 1.29 is 13.3 Å². The zero-order valence-corrected chi connectivity index (χ0v) is 11.6. The molecule has 0 aliphatic heterocycles. The summed E-state index contributed by atoms with van der Waals surface area (Å²) in [6.45, 7) is 1.54. The molecular formula is C12H10ClNO4S. The SMILES string of the molecule is Cc1c(C#CC2CC2)cc(S(=O)(=O)Cl)cc1[N+](=O)[O-]. The number of halogens is 1. The molecule has 0 radical (unpaired) electrons. The molecule has 1 aliphatic rings. The maximum absolute atomic E-state index is 11.3. The first-order chi connectivity index (χ1) is 8.79. The van der Waals surface area contributed by atoms with Crippen molar-refractivity contribution >= 4 is 25.4 Å². The van der Waals surface area contributed by atoms with E-state index in [1.807, 2.05) is 0 Å². The first-order valence-electron chi connectivity index (χ1n) is 5.54. The number of rotatable bonds is 2. The lowest BCUT2D eigenvalue weighted by Crippen LogP contribution is -1.99. The number of nitrogens with zero attached hydrogens (tertiary/aromatic N) is 1. The Morgan fingerprint density at radius 2 is 2.05 bits per heavy atom. The van der Waals surface area contributed by atoms with E-state index < -0.39 is 14.0 Å². The minimum absolute atomic E-state index is 0.290. The summed E-state index contributed by atoms with van der Waals surface area (Å²) in [6, 6.07) is 2.24. The number of hydrogen-bond donors (Lipinski definition) is 0. The van der Waals surface area contributed by atoms with Crippen LogP contribution in [0.15, 0.2) is 17.0 Å². The number of nitro groups is 1. The summed E-state index contributed by atoms with van der Waals surface area (Å²) in [5.74, 6) is 6.07. The number of nitro benzene ring substituents is 1. The Balaban J connectivity index is 2.61. The Bertz CT molecular complexity index is 711. The highest BCUT2D eigenvalue weighted by Gasteiger charge is 2.22. The third-order valence-electron chi connectivity index (χ3n) is 2.82. The highest BCUT2D eigenvalue weighted by Crippen LogP contribution is 2.30. The van der Waals surface area contributed by atoms with Crippen molar-refractivity contribution in [1.82, 2.24) is 0 Å². The number of hydrogen-bond acceptors (Lipinski definition) is 4. The van der Waals surface area contributed by atoms with Crippen molar-refractivity contribution in [1.29, 1.82) is 0 Å². The smallest absolute Gasteiger partial charge is 0.258 e. The molecule has 5 nitrogen and oxygen atoms in total. The van der Waals surface area contributed by atoms with Gasteiger partial charge in [0.1, 0.15) is 0 Å². The van der Waals surface area contributed by atoms with Crippen LogP contribution < -0.4 is 0 Å². The lowest BCUT2D eigenvalue weighted by Gasteiger charge is -2.03. The normalized spacial score (nSPS) is 14.6. The maximum atomic E-state index is 11.3. The fraction of sp³-hybridized carbons (Fsp3) is 0.333. The molecule has 1 fully saturated rings. The van der Waals surface area contributed by atoms with Crippen LogP contribution in [0.1, 0.15) is 24.0 Å². The van der Waals surface area contributed by atoms with Crippen LogP contribution in [0, 0.1) is 34.8 Å². The molecule has 0 N–H and O–H groups in total. The standard InChI is InChI=1S/C12H10ClNO4S/c1-8-10(5-4-9-2-3-9)6-11(19(13,17)18)7-12(8)14(15)16/h6-7,9H,2-3H2,1H3. The molecular weight excluding hydrogens is 290 g/mol. The molecule has 1 aromatic rings. The van der Waals surface area contributed by atoms with Crippen molar-refractivity contribution in [3.05, 3.63) is 33.4 Å². The maximum Gasteiger partial charge on any atom is 0.274 e. The van der Waals surface area contributed by atoms with E-state index in [0.29, 0.717) is 17.0 Å². The van der Waals surface area contributed by atoms with E-state index in [0.717, 1.165) is 18.9 Å². The summed E-state index contributed by atoms with van der Waals surface area (Å²) in [4.78, 5) is 9.99.